The topological polar surface area (TPSA) is 65.1 Å². The summed E-state index contributed by atoms with van der Waals surface area (Å²) in [4.78, 5) is 16.0. The predicted molar refractivity (Wildman–Crippen MR) is 106 cm³/mol. The molecule has 2 unspecified atom stereocenters. The number of carbonyl (C=O) groups is 1. The lowest BCUT2D eigenvalue weighted by Gasteiger charge is -2.35. The summed E-state index contributed by atoms with van der Waals surface area (Å²) in [5.74, 6) is -1.16. The van der Waals surface area contributed by atoms with Crippen LogP contribution in [0.25, 0.3) is 0 Å². The zero-order chi connectivity index (χ0) is 19.9. The third-order valence-corrected chi connectivity index (χ3v) is 5.24. The maximum atomic E-state index is 11.6. The molecule has 6 nitrogen and oxygen atoms in total. The van der Waals surface area contributed by atoms with Gasteiger partial charge in [-0.2, -0.15) is 0 Å². The van der Waals surface area contributed by atoms with Gasteiger partial charge in [0.15, 0.2) is 0 Å². The molecule has 0 saturated carbocycles. The molecule has 1 heterocycles. The highest BCUT2D eigenvalue weighted by atomic mass is 16.7. The van der Waals surface area contributed by atoms with Crippen LogP contribution in [0.1, 0.15) is 28.4 Å². The number of carbonyl (C=O) groups excluding carboxylic acids is 1. The second kappa shape index (κ2) is 9.68. The highest BCUT2D eigenvalue weighted by Crippen LogP contribution is 2.30. The van der Waals surface area contributed by atoms with Gasteiger partial charge in [-0.25, -0.2) is 0 Å². The summed E-state index contributed by atoms with van der Waals surface area (Å²) in [5, 5.41) is 11.6. The highest BCUT2D eigenvalue weighted by Gasteiger charge is 2.28. The van der Waals surface area contributed by atoms with E-state index < -0.39 is 5.97 Å². The second-order valence-electron chi connectivity index (χ2n) is 7.09. The van der Waals surface area contributed by atoms with Crippen molar-refractivity contribution in [1.82, 2.24) is 4.90 Å². The molecule has 1 fully saturated rings. The second-order valence-corrected chi connectivity index (χ2v) is 7.09. The van der Waals surface area contributed by atoms with Crippen LogP contribution in [0.2, 0.25) is 0 Å². The smallest absolute Gasteiger partial charge is 0.146 e. The molecule has 1 saturated heterocycles. The van der Waals surface area contributed by atoms with Crippen molar-refractivity contribution >= 4 is 11.7 Å². The van der Waals surface area contributed by atoms with Crippen LogP contribution in [0, 0.1) is 0 Å². The summed E-state index contributed by atoms with van der Waals surface area (Å²) < 4.78 is 10.7. The van der Waals surface area contributed by atoms with Crippen molar-refractivity contribution in [2.45, 2.75) is 18.6 Å². The van der Waals surface area contributed by atoms with Crippen molar-refractivity contribution in [2.24, 2.45) is 0 Å². The van der Waals surface area contributed by atoms with Crippen LogP contribution >= 0.6 is 0 Å². The fourth-order valence-electron chi connectivity index (χ4n) is 3.76. The molecule has 0 N–H and O–H groups in total. The molecule has 2 aromatic rings. The first kappa shape index (κ1) is 20.3. The van der Waals surface area contributed by atoms with Crippen LogP contribution in [-0.4, -0.2) is 57.6 Å². The number of likely N-dealkylation sites (tertiary alicyclic amines) is 1. The third-order valence-electron chi connectivity index (χ3n) is 5.24. The summed E-state index contributed by atoms with van der Waals surface area (Å²) >= 11 is 0. The molecule has 0 spiro atoms. The zero-order valence-electron chi connectivity index (χ0n) is 16.4. The number of ether oxygens (including phenoxy) is 2. The Morgan fingerprint density at radius 3 is 2.64 bits per heavy atom. The number of nitrogens with zero attached hydrogens (tertiary/aromatic N) is 2. The van der Waals surface area contributed by atoms with Gasteiger partial charge in [0, 0.05) is 45.0 Å². The molecule has 2 aromatic carbocycles. The molecule has 150 valence electrons. The van der Waals surface area contributed by atoms with E-state index in [1.54, 1.807) is 19.2 Å². The Kier molecular flexibility index (Phi) is 7.03. The summed E-state index contributed by atoms with van der Waals surface area (Å²) in [6.07, 6.45) is 1.13. The monoisotopic (exact) mass is 383 g/mol. The van der Waals surface area contributed by atoms with Gasteiger partial charge in [0.2, 0.25) is 0 Å². The van der Waals surface area contributed by atoms with Crippen molar-refractivity contribution in [1.29, 1.82) is 0 Å². The number of benzene rings is 2. The van der Waals surface area contributed by atoms with Crippen molar-refractivity contribution in [3.05, 3.63) is 65.7 Å². The number of likely N-dealkylation sites (N-methyl/N-ethyl adjacent to an activating group) is 1. The van der Waals surface area contributed by atoms with Gasteiger partial charge in [0.05, 0.1) is 18.1 Å². The lowest BCUT2D eigenvalue weighted by atomic mass is 10.0. The SMILES string of the molecule is COCOC1CCN(CC(c2ccccc2)N(C)c2ccccc2C(=O)[O-])C1. The first-order chi connectivity index (χ1) is 13.6. The van der Waals surface area contributed by atoms with Crippen molar-refractivity contribution in [3.63, 3.8) is 0 Å². The molecule has 1 aliphatic heterocycles. The van der Waals surface area contributed by atoms with Gasteiger partial charge in [-0.3, -0.25) is 4.90 Å². The molecular formula is C22H27N2O4-. The zero-order valence-corrected chi connectivity index (χ0v) is 16.4. The van der Waals surface area contributed by atoms with E-state index in [4.69, 9.17) is 9.47 Å². The number of anilines is 1. The molecule has 2 atom stereocenters. The molecule has 0 aromatic heterocycles. The summed E-state index contributed by atoms with van der Waals surface area (Å²) in [7, 11) is 3.57. The van der Waals surface area contributed by atoms with E-state index in [2.05, 4.69) is 17.0 Å². The Morgan fingerprint density at radius 2 is 1.93 bits per heavy atom. The van der Waals surface area contributed by atoms with Crippen molar-refractivity contribution in [3.8, 4) is 0 Å². The Labute approximate surface area is 166 Å². The predicted octanol–water partition coefficient (Wildman–Crippen LogP) is 1.92. The average molecular weight is 383 g/mol. The van der Waals surface area contributed by atoms with E-state index in [0.717, 1.165) is 31.6 Å². The third kappa shape index (κ3) is 4.90. The fraction of sp³-hybridized carbons (Fsp3) is 0.409. The Morgan fingerprint density at radius 1 is 1.21 bits per heavy atom. The maximum absolute atomic E-state index is 11.6. The highest BCUT2D eigenvalue weighted by molar-refractivity contribution is 5.93. The molecule has 28 heavy (non-hydrogen) atoms. The summed E-state index contributed by atoms with van der Waals surface area (Å²) in [5.41, 5.74) is 2.00. The van der Waals surface area contributed by atoms with Crippen LogP contribution in [0.4, 0.5) is 5.69 Å². The standard InChI is InChI=1S/C22H28N2O4/c1-23(20-11-7-6-10-19(20)22(25)26)21(17-8-4-3-5-9-17)15-24-13-12-18(14-24)28-16-27-2/h3-11,18,21H,12-16H2,1-2H3,(H,25,26)/p-1. The molecule has 0 bridgehead atoms. The Hall–Kier alpha value is -2.41. The first-order valence-corrected chi connectivity index (χ1v) is 9.51. The largest absolute Gasteiger partial charge is 0.545 e. The van der Waals surface area contributed by atoms with Crippen LogP contribution in [-0.2, 0) is 9.47 Å². The fourth-order valence-corrected chi connectivity index (χ4v) is 3.76. The average Bonchev–Trinajstić information content (AvgIpc) is 3.18. The van der Waals surface area contributed by atoms with E-state index >= 15 is 0 Å². The number of rotatable bonds is 9. The summed E-state index contributed by atoms with van der Waals surface area (Å²) in [6, 6.07) is 17.2. The maximum Gasteiger partial charge on any atom is 0.146 e. The van der Waals surface area contributed by atoms with Gasteiger partial charge in [0.1, 0.15) is 6.79 Å². The minimum Gasteiger partial charge on any atom is -0.545 e. The van der Waals surface area contributed by atoms with Crippen molar-refractivity contribution < 1.29 is 19.4 Å². The lowest BCUT2D eigenvalue weighted by molar-refractivity contribution is -0.254. The summed E-state index contributed by atoms with van der Waals surface area (Å²) in [6.45, 7) is 2.85. The van der Waals surface area contributed by atoms with Crippen LogP contribution in [0.3, 0.4) is 0 Å². The number of aromatic carboxylic acids is 1. The number of methoxy groups -OCH3 is 1. The van der Waals surface area contributed by atoms with Gasteiger partial charge >= 0.3 is 0 Å². The van der Waals surface area contributed by atoms with E-state index in [1.807, 2.05) is 42.3 Å². The number of hydrogen-bond acceptors (Lipinski definition) is 6. The van der Waals surface area contributed by atoms with Gasteiger partial charge in [0.25, 0.3) is 0 Å². The minimum absolute atomic E-state index is 0.00266. The normalized spacial score (nSPS) is 18.1. The minimum atomic E-state index is -1.16. The van der Waals surface area contributed by atoms with Crippen LogP contribution in [0.15, 0.2) is 54.6 Å². The van der Waals surface area contributed by atoms with Gasteiger partial charge < -0.3 is 24.3 Å². The Balaban J connectivity index is 1.82. The van der Waals surface area contributed by atoms with Gasteiger partial charge in [-0.1, -0.05) is 48.5 Å². The number of carboxylic acid groups (broad SMARTS) is 1. The quantitative estimate of drug-likeness (QED) is 0.617. The first-order valence-electron chi connectivity index (χ1n) is 9.51. The molecule has 1 aliphatic rings. The number of hydrogen-bond donors (Lipinski definition) is 0. The Bertz CT molecular complexity index is 768. The molecular weight excluding hydrogens is 356 g/mol. The van der Waals surface area contributed by atoms with Crippen molar-refractivity contribution in [2.75, 3.05) is 45.5 Å². The number of para-hydroxylation sites is 1. The molecule has 0 amide bonds. The van der Waals surface area contributed by atoms with E-state index in [-0.39, 0.29) is 17.7 Å². The van der Waals surface area contributed by atoms with Gasteiger partial charge in [-0.15, -0.1) is 0 Å². The van der Waals surface area contributed by atoms with E-state index in [0.29, 0.717) is 12.5 Å². The lowest BCUT2D eigenvalue weighted by Crippen LogP contribution is -2.37. The molecule has 0 aliphatic carbocycles. The number of carboxylic acids is 1. The van der Waals surface area contributed by atoms with E-state index in [9.17, 15) is 9.90 Å². The van der Waals surface area contributed by atoms with Crippen LogP contribution in [0.5, 0.6) is 0 Å². The van der Waals surface area contributed by atoms with E-state index in [1.165, 1.54) is 0 Å². The molecule has 3 rings (SSSR count). The molecule has 0 radical (unpaired) electrons. The van der Waals surface area contributed by atoms with Gasteiger partial charge in [-0.05, 0) is 18.1 Å². The van der Waals surface area contributed by atoms with Crippen LogP contribution < -0.4 is 10.0 Å². The molecule has 6 heteroatoms.